The predicted octanol–water partition coefficient (Wildman–Crippen LogP) is -1.17. The number of nitrogens with one attached hydrogen (secondary N) is 1. The van der Waals surface area contributed by atoms with Crippen molar-refractivity contribution >= 4 is 0 Å². The van der Waals surface area contributed by atoms with Gasteiger partial charge in [-0.2, -0.15) is 0 Å². The first kappa shape index (κ1) is 11.6. The minimum atomic E-state index is -0.125. The van der Waals surface area contributed by atoms with Crippen LogP contribution in [0.15, 0.2) is 0 Å². The summed E-state index contributed by atoms with van der Waals surface area (Å²) < 4.78 is 0. The number of aliphatic hydroxyl groups excluding tert-OH is 2. The molecular formula is C5H16N2O2. The van der Waals surface area contributed by atoms with Crippen molar-refractivity contribution < 1.29 is 10.2 Å². The van der Waals surface area contributed by atoms with E-state index in [-0.39, 0.29) is 13.2 Å². The van der Waals surface area contributed by atoms with Gasteiger partial charge in [-0.1, -0.05) is 6.92 Å². The van der Waals surface area contributed by atoms with Gasteiger partial charge in [-0.3, -0.25) is 11.3 Å². The van der Waals surface area contributed by atoms with Crippen molar-refractivity contribution in [2.75, 3.05) is 19.8 Å². The van der Waals surface area contributed by atoms with Gasteiger partial charge in [0.05, 0.1) is 13.2 Å². The van der Waals surface area contributed by atoms with Crippen molar-refractivity contribution in [1.82, 2.24) is 5.43 Å². The smallest absolute Gasteiger partial charge is 0.0662 e. The number of rotatable bonds is 3. The fraction of sp³-hybridized carbons (Fsp3) is 1.00. The monoisotopic (exact) mass is 136 g/mol. The van der Waals surface area contributed by atoms with E-state index in [4.69, 9.17) is 16.1 Å². The second-order valence-electron chi connectivity index (χ2n) is 1.40. The molecule has 0 radical (unpaired) electrons. The third-order valence-corrected chi connectivity index (χ3v) is 0.494. The van der Waals surface area contributed by atoms with Crippen molar-refractivity contribution in [2.24, 2.45) is 5.84 Å². The fourth-order valence-corrected chi connectivity index (χ4v) is 0.144. The Kier molecular flexibility index (Phi) is 20.2. The lowest BCUT2D eigenvalue weighted by atomic mass is 10.5. The first-order valence-electron chi connectivity index (χ1n) is 2.98. The lowest BCUT2D eigenvalue weighted by Crippen LogP contribution is -2.21. The van der Waals surface area contributed by atoms with Gasteiger partial charge in [-0.15, -0.1) is 0 Å². The van der Waals surface area contributed by atoms with Crippen molar-refractivity contribution in [2.45, 2.75) is 13.3 Å². The summed E-state index contributed by atoms with van der Waals surface area (Å²) in [6.45, 7) is 2.74. The molecule has 58 valence electrons. The largest absolute Gasteiger partial charge is 0.394 e. The second-order valence-corrected chi connectivity index (χ2v) is 1.40. The summed E-state index contributed by atoms with van der Waals surface area (Å²) >= 11 is 0. The predicted molar refractivity (Wildman–Crippen MR) is 36.7 cm³/mol. The van der Waals surface area contributed by atoms with E-state index < -0.39 is 0 Å². The zero-order valence-electron chi connectivity index (χ0n) is 5.80. The van der Waals surface area contributed by atoms with Crippen LogP contribution in [0.2, 0.25) is 0 Å². The van der Waals surface area contributed by atoms with E-state index in [0.717, 1.165) is 13.0 Å². The van der Waals surface area contributed by atoms with E-state index >= 15 is 0 Å². The van der Waals surface area contributed by atoms with E-state index in [0.29, 0.717) is 0 Å². The molecule has 0 saturated carbocycles. The third kappa shape index (κ3) is 33.2. The molecule has 0 aromatic carbocycles. The van der Waals surface area contributed by atoms with Gasteiger partial charge < -0.3 is 10.2 Å². The van der Waals surface area contributed by atoms with Crippen LogP contribution in [0.3, 0.4) is 0 Å². The van der Waals surface area contributed by atoms with Crippen LogP contribution in [-0.4, -0.2) is 30.0 Å². The van der Waals surface area contributed by atoms with Gasteiger partial charge in [-0.05, 0) is 6.42 Å². The van der Waals surface area contributed by atoms with E-state index in [2.05, 4.69) is 12.3 Å². The van der Waals surface area contributed by atoms with Crippen LogP contribution in [-0.2, 0) is 0 Å². The zero-order chi connectivity index (χ0) is 7.54. The van der Waals surface area contributed by atoms with Gasteiger partial charge in [0.1, 0.15) is 0 Å². The lowest BCUT2D eigenvalue weighted by Gasteiger charge is -1.85. The van der Waals surface area contributed by atoms with Gasteiger partial charge in [-0.25, -0.2) is 0 Å². The molecule has 9 heavy (non-hydrogen) atoms. The second kappa shape index (κ2) is 15.7. The number of nitrogens with two attached hydrogens (primary N) is 1. The quantitative estimate of drug-likeness (QED) is 0.291. The maximum absolute atomic E-state index is 7.62. The average Bonchev–Trinajstić information content (AvgIpc) is 1.91. The Morgan fingerprint density at radius 1 is 1.33 bits per heavy atom. The summed E-state index contributed by atoms with van der Waals surface area (Å²) in [6.07, 6.45) is 1.11. The first-order valence-corrected chi connectivity index (χ1v) is 2.98. The Morgan fingerprint density at radius 3 is 1.78 bits per heavy atom. The molecular weight excluding hydrogens is 120 g/mol. The molecule has 0 rings (SSSR count). The minimum Gasteiger partial charge on any atom is -0.394 e. The number of hydrogen-bond acceptors (Lipinski definition) is 4. The van der Waals surface area contributed by atoms with E-state index in [9.17, 15) is 0 Å². The SMILES string of the molecule is CCCNN.OCCO. The maximum Gasteiger partial charge on any atom is 0.0662 e. The van der Waals surface area contributed by atoms with Crippen LogP contribution in [0, 0.1) is 0 Å². The summed E-state index contributed by atoms with van der Waals surface area (Å²) in [5.41, 5.74) is 2.52. The average molecular weight is 136 g/mol. The molecule has 0 aliphatic heterocycles. The van der Waals surface area contributed by atoms with Crippen LogP contribution in [0.5, 0.6) is 0 Å². The fourth-order valence-electron chi connectivity index (χ4n) is 0.144. The highest BCUT2D eigenvalue weighted by molar-refractivity contribution is 4.25. The standard InChI is InChI=1S/C3H10N2.C2H6O2/c1-2-3-5-4;3-1-2-4/h5H,2-4H2,1H3;3-4H,1-2H2. The normalized spacial score (nSPS) is 8.00. The van der Waals surface area contributed by atoms with Crippen molar-refractivity contribution in [1.29, 1.82) is 0 Å². The molecule has 0 spiro atoms. The molecule has 0 aliphatic rings. The molecule has 0 atom stereocenters. The molecule has 0 aromatic rings. The Morgan fingerprint density at radius 2 is 1.78 bits per heavy atom. The molecule has 0 unspecified atom stereocenters. The highest BCUT2D eigenvalue weighted by Gasteiger charge is 1.65. The summed E-state index contributed by atoms with van der Waals surface area (Å²) in [7, 11) is 0. The molecule has 0 saturated heterocycles. The summed E-state index contributed by atoms with van der Waals surface area (Å²) in [5.74, 6) is 4.89. The van der Waals surface area contributed by atoms with Crippen LogP contribution in [0.25, 0.3) is 0 Å². The Hall–Kier alpha value is -0.160. The van der Waals surface area contributed by atoms with Crippen LogP contribution >= 0.6 is 0 Å². The molecule has 0 heterocycles. The van der Waals surface area contributed by atoms with E-state index in [1.807, 2.05) is 0 Å². The number of aliphatic hydroxyl groups is 2. The number of hydrazine groups is 1. The summed E-state index contributed by atoms with van der Waals surface area (Å²) in [4.78, 5) is 0. The minimum absolute atomic E-state index is 0.125. The summed E-state index contributed by atoms with van der Waals surface area (Å²) in [5, 5.41) is 15.2. The Labute approximate surface area is 55.7 Å². The molecule has 5 N–H and O–H groups in total. The van der Waals surface area contributed by atoms with Crippen LogP contribution < -0.4 is 11.3 Å². The van der Waals surface area contributed by atoms with Crippen LogP contribution in [0.1, 0.15) is 13.3 Å². The Bertz CT molecular complexity index is 32.1. The molecule has 0 aromatic heterocycles. The summed E-state index contributed by atoms with van der Waals surface area (Å²) in [6, 6.07) is 0. The lowest BCUT2D eigenvalue weighted by molar-refractivity contribution is 0.186. The van der Waals surface area contributed by atoms with Gasteiger partial charge in [0, 0.05) is 6.54 Å². The van der Waals surface area contributed by atoms with E-state index in [1.165, 1.54) is 0 Å². The zero-order valence-corrected chi connectivity index (χ0v) is 5.80. The van der Waals surface area contributed by atoms with Crippen molar-refractivity contribution in [3.63, 3.8) is 0 Å². The third-order valence-electron chi connectivity index (χ3n) is 0.494. The molecule has 0 amide bonds. The molecule has 0 fully saturated rings. The topological polar surface area (TPSA) is 78.5 Å². The molecule has 0 bridgehead atoms. The van der Waals surface area contributed by atoms with Gasteiger partial charge in [0.15, 0.2) is 0 Å². The Balaban J connectivity index is 0. The maximum atomic E-state index is 7.62. The van der Waals surface area contributed by atoms with Crippen molar-refractivity contribution in [3.05, 3.63) is 0 Å². The van der Waals surface area contributed by atoms with Gasteiger partial charge in [0.2, 0.25) is 0 Å². The highest BCUT2D eigenvalue weighted by Crippen LogP contribution is 1.61. The van der Waals surface area contributed by atoms with E-state index in [1.54, 1.807) is 0 Å². The highest BCUT2D eigenvalue weighted by atomic mass is 16.3. The number of hydrogen-bond donors (Lipinski definition) is 4. The molecule has 0 aliphatic carbocycles. The van der Waals surface area contributed by atoms with Gasteiger partial charge >= 0.3 is 0 Å². The van der Waals surface area contributed by atoms with Crippen molar-refractivity contribution in [3.8, 4) is 0 Å². The first-order chi connectivity index (χ1) is 4.33. The van der Waals surface area contributed by atoms with Crippen LogP contribution in [0.4, 0.5) is 0 Å². The van der Waals surface area contributed by atoms with Gasteiger partial charge in [0.25, 0.3) is 0 Å². The molecule has 4 heteroatoms. The molecule has 4 nitrogen and oxygen atoms in total.